The first-order valence-corrected chi connectivity index (χ1v) is 7.37. The molecule has 0 spiro atoms. The van der Waals surface area contributed by atoms with Crippen molar-refractivity contribution in [3.8, 4) is 0 Å². The van der Waals surface area contributed by atoms with Gasteiger partial charge in [0.2, 0.25) is 0 Å². The van der Waals surface area contributed by atoms with Crippen LogP contribution in [-0.2, 0) is 14.3 Å². The fraction of sp³-hybridized carbons (Fsp3) is 0.625. The third kappa shape index (κ3) is 4.60. The summed E-state index contributed by atoms with van der Waals surface area (Å²) < 4.78 is 11.1. The summed E-state index contributed by atoms with van der Waals surface area (Å²) in [6.07, 6.45) is 4.63. The first-order chi connectivity index (χ1) is 9.65. The Morgan fingerprint density at radius 1 is 1.50 bits per heavy atom. The summed E-state index contributed by atoms with van der Waals surface area (Å²) in [7, 11) is 0. The van der Waals surface area contributed by atoms with E-state index in [1.54, 1.807) is 6.20 Å². The lowest BCUT2D eigenvalue weighted by Crippen LogP contribution is -2.19. The van der Waals surface area contributed by atoms with Crippen molar-refractivity contribution in [2.75, 3.05) is 6.61 Å². The molecule has 20 heavy (non-hydrogen) atoms. The fourth-order valence-electron chi connectivity index (χ4n) is 2.42. The van der Waals surface area contributed by atoms with Crippen LogP contribution in [0.1, 0.15) is 51.3 Å². The monoisotopic (exact) mass is 277 g/mol. The molecule has 0 N–H and O–H groups in total. The summed E-state index contributed by atoms with van der Waals surface area (Å²) in [6, 6.07) is 5.69. The lowest BCUT2D eigenvalue weighted by molar-refractivity contribution is -0.153. The van der Waals surface area contributed by atoms with Crippen molar-refractivity contribution in [1.82, 2.24) is 4.98 Å². The largest absolute Gasteiger partial charge is 0.456 e. The van der Waals surface area contributed by atoms with E-state index < -0.39 is 0 Å². The zero-order valence-corrected chi connectivity index (χ0v) is 12.2. The maximum Gasteiger partial charge on any atom is 0.309 e. The van der Waals surface area contributed by atoms with E-state index in [4.69, 9.17) is 9.47 Å². The molecule has 2 rings (SSSR count). The molecule has 2 heterocycles. The molecule has 0 saturated carbocycles. The van der Waals surface area contributed by atoms with Crippen LogP contribution in [0.15, 0.2) is 24.4 Å². The quantitative estimate of drug-likeness (QED) is 0.749. The average Bonchev–Trinajstić information content (AvgIpc) is 2.91. The molecule has 2 atom stereocenters. The number of carbonyl (C=O) groups is 1. The molecule has 0 bridgehead atoms. The number of ether oxygens (including phenoxy) is 2. The molecule has 0 aromatic carbocycles. The number of rotatable bonds is 6. The molecule has 0 unspecified atom stereocenters. The first kappa shape index (κ1) is 15.0. The van der Waals surface area contributed by atoms with Crippen molar-refractivity contribution < 1.29 is 14.3 Å². The lowest BCUT2D eigenvalue weighted by atomic mass is 10.0. The predicted octanol–water partition coefficient (Wildman–Crippen LogP) is 3.28. The Bertz CT molecular complexity index is 413. The molecule has 1 saturated heterocycles. The molecular formula is C16H23NO3. The van der Waals surface area contributed by atoms with Gasteiger partial charge in [0.25, 0.3) is 0 Å². The van der Waals surface area contributed by atoms with E-state index in [2.05, 4.69) is 18.8 Å². The molecule has 0 radical (unpaired) electrons. The SMILES string of the molecule is CC(C)C[C@H](OC(=O)C[C@H]1CCCO1)c1ccccn1. The Hall–Kier alpha value is -1.42. The normalized spacial score (nSPS) is 20.1. The van der Waals surface area contributed by atoms with E-state index in [1.807, 2.05) is 18.2 Å². The van der Waals surface area contributed by atoms with Crippen molar-refractivity contribution in [2.24, 2.45) is 5.92 Å². The molecular weight excluding hydrogens is 254 g/mol. The van der Waals surface area contributed by atoms with Gasteiger partial charge in [-0.25, -0.2) is 0 Å². The first-order valence-electron chi connectivity index (χ1n) is 7.37. The predicted molar refractivity (Wildman–Crippen MR) is 76.1 cm³/mol. The van der Waals surface area contributed by atoms with Crippen molar-refractivity contribution in [1.29, 1.82) is 0 Å². The molecule has 1 aromatic heterocycles. The van der Waals surface area contributed by atoms with Gasteiger partial charge in [0, 0.05) is 12.8 Å². The van der Waals surface area contributed by atoms with Gasteiger partial charge in [-0.05, 0) is 37.3 Å². The summed E-state index contributed by atoms with van der Waals surface area (Å²) in [5.74, 6) is 0.255. The van der Waals surface area contributed by atoms with E-state index in [9.17, 15) is 4.79 Å². The van der Waals surface area contributed by atoms with Gasteiger partial charge < -0.3 is 9.47 Å². The van der Waals surface area contributed by atoms with Crippen molar-refractivity contribution in [3.05, 3.63) is 30.1 Å². The van der Waals surface area contributed by atoms with Crippen LogP contribution >= 0.6 is 0 Å². The zero-order valence-electron chi connectivity index (χ0n) is 12.2. The maximum absolute atomic E-state index is 12.0. The molecule has 0 amide bonds. The number of pyridine rings is 1. The molecule has 0 aliphatic carbocycles. The second-order valence-electron chi connectivity index (χ2n) is 5.70. The van der Waals surface area contributed by atoms with Gasteiger partial charge >= 0.3 is 5.97 Å². The Balaban J connectivity index is 1.94. The van der Waals surface area contributed by atoms with Crippen LogP contribution in [-0.4, -0.2) is 23.7 Å². The van der Waals surface area contributed by atoms with Crippen LogP contribution in [0.2, 0.25) is 0 Å². The molecule has 110 valence electrons. The van der Waals surface area contributed by atoms with Gasteiger partial charge in [0.05, 0.1) is 18.2 Å². The topological polar surface area (TPSA) is 48.4 Å². The summed E-state index contributed by atoms with van der Waals surface area (Å²) in [5, 5.41) is 0. The van der Waals surface area contributed by atoms with Crippen molar-refractivity contribution >= 4 is 5.97 Å². The minimum absolute atomic E-state index is 0.0333. The van der Waals surface area contributed by atoms with Gasteiger partial charge in [-0.1, -0.05) is 19.9 Å². The Kier molecular flexibility index (Phi) is 5.53. The van der Waals surface area contributed by atoms with Gasteiger partial charge in [-0.3, -0.25) is 9.78 Å². The number of carbonyl (C=O) groups excluding carboxylic acids is 1. The highest BCUT2D eigenvalue weighted by molar-refractivity contribution is 5.70. The molecule has 1 aromatic rings. The van der Waals surface area contributed by atoms with Gasteiger partial charge in [0.15, 0.2) is 0 Å². The van der Waals surface area contributed by atoms with Crippen molar-refractivity contribution in [2.45, 2.75) is 51.7 Å². The van der Waals surface area contributed by atoms with Crippen LogP contribution in [0.4, 0.5) is 0 Å². The molecule has 1 aliphatic rings. The maximum atomic E-state index is 12.0. The average molecular weight is 277 g/mol. The second-order valence-corrected chi connectivity index (χ2v) is 5.70. The third-order valence-corrected chi connectivity index (χ3v) is 3.40. The number of aromatic nitrogens is 1. The highest BCUT2D eigenvalue weighted by atomic mass is 16.5. The number of hydrogen-bond donors (Lipinski definition) is 0. The molecule has 4 heteroatoms. The second kappa shape index (κ2) is 7.39. The number of nitrogens with zero attached hydrogens (tertiary/aromatic N) is 1. The van der Waals surface area contributed by atoms with Crippen molar-refractivity contribution in [3.63, 3.8) is 0 Å². The summed E-state index contributed by atoms with van der Waals surface area (Å²) in [6.45, 7) is 4.99. The van der Waals surface area contributed by atoms with Crippen LogP contribution in [0, 0.1) is 5.92 Å². The van der Waals surface area contributed by atoms with E-state index >= 15 is 0 Å². The summed E-state index contributed by atoms with van der Waals surface area (Å²) in [5.41, 5.74) is 0.821. The molecule has 1 fully saturated rings. The third-order valence-electron chi connectivity index (χ3n) is 3.40. The fourth-order valence-corrected chi connectivity index (χ4v) is 2.42. The summed E-state index contributed by atoms with van der Waals surface area (Å²) in [4.78, 5) is 16.3. The minimum atomic E-state index is -0.259. The van der Waals surface area contributed by atoms with Crippen LogP contribution in [0.25, 0.3) is 0 Å². The minimum Gasteiger partial charge on any atom is -0.456 e. The van der Waals surface area contributed by atoms with E-state index in [0.717, 1.165) is 31.6 Å². The Labute approximate surface area is 120 Å². The summed E-state index contributed by atoms with van der Waals surface area (Å²) >= 11 is 0. The molecule has 1 aliphatic heterocycles. The van der Waals surface area contributed by atoms with Crippen LogP contribution in [0.3, 0.4) is 0 Å². The molecule has 4 nitrogen and oxygen atoms in total. The van der Waals surface area contributed by atoms with Gasteiger partial charge in [0.1, 0.15) is 6.10 Å². The highest BCUT2D eigenvalue weighted by Crippen LogP contribution is 2.25. The van der Waals surface area contributed by atoms with E-state index in [1.165, 1.54) is 0 Å². The van der Waals surface area contributed by atoms with Gasteiger partial charge in [-0.2, -0.15) is 0 Å². The Morgan fingerprint density at radius 2 is 2.35 bits per heavy atom. The lowest BCUT2D eigenvalue weighted by Gasteiger charge is -2.20. The standard InChI is InChI=1S/C16H23NO3/c1-12(2)10-15(14-7-3-4-8-17-14)20-16(18)11-13-6-5-9-19-13/h3-4,7-8,12-13,15H,5-6,9-11H2,1-2H3/t13-,15+/m1/s1. The Morgan fingerprint density at radius 3 is 2.95 bits per heavy atom. The van der Waals surface area contributed by atoms with E-state index in [0.29, 0.717) is 12.3 Å². The highest BCUT2D eigenvalue weighted by Gasteiger charge is 2.24. The number of hydrogen-bond acceptors (Lipinski definition) is 4. The van der Waals surface area contributed by atoms with E-state index in [-0.39, 0.29) is 18.2 Å². The van der Waals surface area contributed by atoms with Crippen LogP contribution < -0.4 is 0 Å². The van der Waals surface area contributed by atoms with Gasteiger partial charge in [-0.15, -0.1) is 0 Å². The van der Waals surface area contributed by atoms with Crippen LogP contribution in [0.5, 0.6) is 0 Å². The smallest absolute Gasteiger partial charge is 0.309 e. The number of esters is 1. The zero-order chi connectivity index (χ0) is 14.4.